The topological polar surface area (TPSA) is 36.9 Å². The number of hydrogen-bond donors (Lipinski definition) is 1. The Balaban J connectivity index is 2.01. The van der Waals surface area contributed by atoms with Crippen molar-refractivity contribution in [3.63, 3.8) is 0 Å². The van der Waals surface area contributed by atoms with E-state index >= 15 is 0 Å². The molecule has 5 heteroatoms. The van der Waals surface area contributed by atoms with E-state index in [1.54, 1.807) is 0 Å². The standard InChI is InChI=1S/C15H20N4S/c1-15(2)9-6-10-18(11-15)13-16-17-14(20)19(13)12-7-4-3-5-8-12/h3-5,7-8H,6,9-11H2,1-2H3,(H,17,20). The van der Waals surface area contributed by atoms with Crippen molar-refractivity contribution in [1.82, 2.24) is 14.8 Å². The van der Waals surface area contributed by atoms with Crippen molar-refractivity contribution in [2.45, 2.75) is 26.7 Å². The fourth-order valence-electron chi connectivity index (χ4n) is 2.90. The molecule has 2 heterocycles. The molecule has 0 aliphatic carbocycles. The molecule has 0 unspecified atom stereocenters. The van der Waals surface area contributed by atoms with Crippen LogP contribution < -0.4 is 4.90 Å². The molecule has 106 valence electrons. The minimum atomic E-state index is 0.327. The molecule has 0 radical (unpaired) electrons. The lowest BCUT2D eigenvalue weighted by atomic mass is 9.84. The molecule has 0 amide bonds. The molecule has 1 aliphatic rings. The summed E-state index contributed by atoms with van der Waals surface area (Å²) in [7, 11) is 0. The third kappa shape index (κ3) is 2.50. The lowest BCUT2D eigenvalue weighted by molar-refractivity contribution is 0.290. The van der Waals surface area contributed by atoms with Crippen LogP contribution in [-0.2, 0) is 0 Å². The van der Waals surface area contributed by atoms with Crippen LogP contribution in [-0.4, -0.2) is 27.9 Å². The molecule has 1 saturated heterocycles. The Morgan fingerprint density at radius 3 is 2.70 bits per heavy atom. The number of H-pyrrole nitrogens is 1. The number of anilines is 1. The quantitative estimate of drug-likeness (QED) is 0.859. The average molecular weight is 288 g/mol. The van der Waals surface area contributed by atoms with E-state index in [1.165, 1.54) is 12.8 Å². The maximum absolute atomic E-state index is 5.40. The summed E-state index contributed by atoms with van der Waals surface area (Å²) in [5, 5.41) is 7.39. The van der Waals surface area contributed by atoms with Crippen LogP contribution >= 0.6 is 12.2 Å². The predicted octanol–water partition coefficient (Wildman–Crippen LogP) is 3.56. The Morgan fingerprint density at radius 1 is 1.25 bits per heavy atom. The molecule has 0 spiro atoms. The van der Waals surface area contributed by atoms with Gasteiger partial charge in [0.05, 0.1) is 5.69 Å². The molecule has 0 bridgehead atoms. The zero-order valence-electron chi connectivity index (χ0n) is 12.0. The Labute approximate surface area is 124 Å². The van der Waals surface area contributed by atoms with E-state index < -0.39 is 0 Å². The number of aromatic amines is 1. The molecule has 1 aromatic heterocycles. The first-order chi connectivity index (χ1) is 9.57. The first kappa shape index (κ1) is 13.4. The number of nitrogens with one attached hydrogen (secondary N) is 1. The third-order valence-electron chi connectivity index (χ3n) is 3.85. The van der Waals surface area contributed by atoms with Gasteiger partial charge in [0, 0.05) is 13.1 Å². The predicted molar refractivity (Wildman–Crippen MR) is 84.0 cm³/mol. The van der Waals surface area contributed by atoms with Crippen molar-refractivity contribution < 1.29 is 0 Å². The Kier molecular flexibility index (Phi) is 3.38. The molecule has 4 nitrogen and oxygen atoms in total. The number of hydrogen-bond acceptors (Lipinski definition) is 3. The Morgan fingerprint density at radius 2 is 2.00 bits per heavy atom. The number of rotatable bonds is 2. The molecular formula is C15H20N4S. The van der Waals surface area contributed by atoms with Gasteiger partial charge >= 0.3 is 0 Å². The van der Waals surface area contributed by atoms with E-state index in [1.807, 2.05) is 22.8 Å². The number of piperidine rings is 1. The van der Waals surface area contributed by atoms with Crippen molar-refractivity contribution in [3.8, 4) is 5.69 Å². The van der Waals surface area contributed by atoms with E-state index in [0.29, 0.717) is 10.2 Å². The molecule has 3 rings (SSSR count). The maximum Gasteiger partial charge on any atom is 0.230 e. The van der Waals surface area contributed by atoms with Crippen LogP contribution in [0.15, 0.2) is 30.3 Å². The lowest BCUT2D eigenvalue weighted by Crippen LogP contribution is -2.41. The minimum Gasteiger partial charge on any atom is -0.340 e. The van der Waals surface area contributed by atoms with Crippen molar-refractivity contribution in [2.24, 2.45) is 5.41 Å². The monoisotopic (exact) mass is 288 g/mol. The van der Waals surface area contributed by atoms with Gasteiger partial charge in [-0.1, -0.05) is 32.0 Å². The highest BCUT2D eigenvalue weighted by molar-refractivity contribution is 7.71. The summed E-state index contributed by atoms with van der Waals surface area (Å²) < 4.78 is 2.67. The summed E-state index contributed by atoms with van der Waals surface area (Å²) >= 11 is 5.40. The summed E-state index contributed by atoms with van der Waals surface area (Å²) in [5.74, 6) is 0.925. The van der Waals surface area contributed by atoms with Crippen LogP contribution in [0.3, 0.4) is 0 Å². The van der Waals surface area contributed by atoms with Crippen LogP contribution in [0.5, 0.6) is 0 Å². The summed E-state index contributed by atoms with van der Waals surface area (Å²) in [6.45, 7) is 6.68. The van der Waals surface area contributed by atoms with Crippen LogP contribution in [0, 0.1) is 10.2 Å². The van der Waals surface area contributed by atoms with Crippen LogP contribution in [0.1, 0.15) is 26.7 Å². The zero-order chi connectivity index (χ0) is 14.2. The average Bonchev–Trinajstić information content (AvgIpc) is 2.80. The fourth-order valence-corrected chi connectivity index (χ4v) is 3.14. The summed E-state index contributed by atoms with van der Waals surface area (Å²) in [4.78, 5) is 2.34. The maximum atomic E-state index is 5.40. The van der Waals surface area contributed by atoms with E-state index in [2.05, 4.69) is 41.1 Å². The Bertz CT molecular complexity index is 641. The van der Waals surface area contributed by atoms with Gasteiger partial charge in [-0.05, 0) is 42.6 Å². The van der Waals surface area contributed by atoms with Gasteiger partial charge in [-0.25, -0.2) is 5.10 Å². The smallest absolute Gasteiger partial charge is 0.230 e. The molecular weight excluding hydrogens is 268 g/mol. The molecule has 20 heavy (non-hydrogen) atoms. The van der Waals surface area contributed by atoms with E-state index in [9.17, 15) is 0 Å². The normalized spacial score (nSPS) is 18.2. The van der Waals surface area contributed by atoms with Crippen LogP contribution in [0.4, 0.5) is 5.95 Å². The highest BCUT2D eigenvalue weighted by atomic mass is 32.1. The summed E-state index contributed by atoms with van der Waals surface area (Å²) in [6, 6.07) is 10.2. The first-order valence-corrected chi connectivity index (χ1v) is 7.45. The molecule has 1 fully saturated rings. The molecule has 0 saturated carbocycles. The van der Waals surface area contributed by atoms with Crippen molar-refractivity contribution in [2.75, 3.05) is 18.0 Å². The molecule has 0 atom stereocenters. The van der Waals surface area contributed by atoms with Crippen molar-refractivity contribution >= 4 is 18.2 Å². The largest absolute Gasteiger partial charge is 0.340 e. The van der Waals surface area contributed by atoms with Gasteiger partial charge < -0.3 is 4.90 Å². The second-order valence-electron chi connectivity index (χ2n) is 6.19. The number of benzene rings is 1. The van der Waals surface area contributed by atoms with Crippen molar-refractivity contribution in [1.29, 1.82) is 0 Å². The van der Waals surface area contributed by atoms with Crippen molar-refractivity contribution in [3.05, 3.63) is 35.1 Å². The third-order valence-corrected chi connectivity index (χ3v) is 4.13. The molecule has 1 aromatic carbocycles. The van der Waals surface area contributed by atoms with Gasteiger partial charge in [0.2, 0.25) is 10.7 Å². The number of para-hydroxylation sites is 1. The number of aromatic nitrogens is 3. The summed E-state index contributed by atoms with van der Waals surface area (Å²) in [5.41, 5.74) is 1.39. The van der Waals surface area contributed by atoms with E-state index in [-0.39, 0.29) is 0 Å². The van der Waals surface area contributed by atoms with Gasteiger partial charge in [-0.2, -0.15) is 0 Å². The van der Waals surface area contributed by atoms with Gasteiger partial charge in [-0.15, -0.1) is 5.10 Å². The minimum absolute atomic E-state index is 0.327. The lowest BCUT2D eigenvalue weighted by Gasteiger charge is -2.38. The molecule has 2 aromatic rings. The Hall–Kier alpha value is -1.62. The zero-order valence-corrected chi connectivity index (χ0v) is 12.8. The second kappa shape index (κ2) is 5.05. The van der Waals surface area contributed by atoms with Gasteiger partial charge in [0.1, 0.15) is 0 Å². The SMILES string of the molecule is CC1(C)CCCN(c2n[nH]c(=S)n2-c2ccccc2)C1. The van der Waals surface area contributed by atoms with Crippen LogP contribution in [0.2, 0.25) is 0 Å². The van der Waals surface area contributed by atoms with E-state index in [0.717, 1.165) is 24.7 Å². The fraction of sp³-hybridized carbons (Fsp3) is 0.467. The van der Waals surface area contributed by atoms with Crippen LogP contribution in [0.25, 0.3) is 5.69 Å². The highest BCUT2D eigenvalue weighted by Gasteiger charge is 2.29. The first-order valence-electron chi connectivity index (χ1n) is 7.05. The van der Waals surface area contributed by atoms with E-state index in [4.69, 9.17) is 12.2 Å². The number of nitrogens with zero attached hydrogens (tertiary/aromatic N) is 3. The highest BCUT2D eigenvalue weighted by Crippen LogP contribution is 2.31. The van der Waals surface area contributed by atoms with Gasteiger partial charge in [0.15, 0.2) is 0 Å². The molecule has 1 aliphatic heterocycles. The summed E-state index contributed by atoms with van der Waals surface area (Å²) in [6.07, 6.45) is 2.46. The van der Waals surface area contributed by atoms with Gasteiger partial charge in [-0.3, -0.25) is 4.57 Å². The molecule has 1 N–H and O–H groups in total. The van der Waals surface area contributed by atoms with Gasteiger partial charge in [0.25, 0.3) is 0 Å². The second-order valence-corrected chi connectivity index (χ2v) is 6.58.